The second kappa shape index (κ2) is 8.76. The minimum absolute atomic E-state index is 0.0121. The molecule has 6 nitrogen and oxygen atoms in total. The number of aromatic nitrogens is 1. The Bertz CT molecular complexity index is 672. The lowest BCUT2D eigenvalue weighted by Crippen LogP contribution is -2.12. The summed E-state index contributed by atoms with van der Waals surface area (Å²) < 4.78 is 10.5. The molecule has 6 heteroatoms. The van der Waals surface area contributed by atoms with Crippen molar-refractivity contribution in [2.24, 2.45) is 0 Å². The maximum Gasteiger partial charge on any atom is 0.225 e. The van der Waals surface area contributed by atoms with Crippen molar-refractivity contribution in [3.63, 3.8) is 0 Å². The molecule has 0 aliphatic carbocycles. The van der Waals surface area contributed by atoms with E-state index in [4.69, 9.17) is 9.47 Å². The zero-order valence-electron chi connectivity index (χ0n) is 14.3. The Labute approximate surface area is 142 Å². The average molecular weight is 329 g/mol. The van der Waals surface area contributed by atoms with Crippen molar-refractivity contribution >= 4 is 23.1 Å². The molecular formula is C18H23N3O3. The molecule has 0 unspecified atom stereocenters. The van der Waals surface area contributed by atoms with Crippen LogP contribution in [0.4, 0.5) is 17.2 Å². The van der Waals surface area contributed by atoms with Crippen LogP contribution < -0.4 is 20.1 Å². The van der Waals surface area contributed by atoms with Gasteiger partial charge in [-0.25, -0.2) is 4.98 Å². The number of ether oxygens (including phenoxy) is 2. The lowest BCUT2D eigenvalue weighted by atomic mass is 10.2. The van der Waals surface area contributed by atoms with Crippen molar-refractivity contribution in [3.8, 4) is 11.5 Å². The maximum absolute atomic E-state index is 11.7. The van der Waals surface area contributed by atoms with Crippen molar-refractivity contribution in [3.05, 3.63) is 36.5 Å². The van der Waals surface area contributed by atoms with Crippen molar-refractivity contribution in [1.29, 1.82) is 0 Å². The van der Waals surface area contributed by atoms with Crippen molar-refractivity contribution in [2.75, 3.05) is 24.9 Å². The monoisotopic (exact) mass is 329 g/mol. The van der Waals surface area contributed by atoms with Gasteiger partial charge in [-0.3, -0.25) is 4.79 Å². The van der Waals surface area contributed by atoms with E-state index in [1.165, 1.54) is 0 Å². The number of benzene rings is 1. The highest BCUT2D eigenvalue weighted by Crippen LogP contribution is 2.31. The molecule has 1 heterocycles. The van der Waals surface area contributed by atoms with Gasteiger partial charge < -0.3 is 20.1 Å². The Morgan fingerprint density at radius 1 is 1.17 bits per heavy atom. The van der Waals surface area contributed by atoms with E-state index in [1.807, 2.05) is 18.2 Å². The van der Waals surface area contributed by atoms with Gasteiger partial charge in [0, 0.05) is 12.5 Å². The molecular weight excluding hydrogens is 306 g/mol. The highest BCUT2D eigenvalue weighted by molar-refractivity contribution is 5.89. The summed E-state index contributed by atoms with van der Waals surface area (Å²) in [6, 6.07) is 9.14. The Hall–Kier alpha value is -2.76. The Morgan fingerprint density at radius 2 is 2.00 bits per heavy atom. The molecule has 1 aromatic carbocycles. The summed E-state index contributed by atoms with van der Waals surface area (Å²) in [5.74, 6) is 1.93. The normalized spacial score (nSPS) is 10.1. The van der Waals surface area contributed by atoms with E-state index in [2.05, 4.69) is 22.5 Å². The first-order chi connectivity index (χ1) is 11.7. The van der Waals surface area contributed by atoms with Gasteiger partial charge in [0.25, 0.3) is 0 Å². The number of amides is 1. The molecule has 0 saturated carbocycles. The number of nitrogens with one attached hydrogen (secondary N) is 2. The molecule has 0 aliphatic rings. The zero-order valence-corrected chi connectivity index (χ0v) is 14.3. The number of unbranched alkanes of at least 4 members (excludes halogenated alkanes) is 1. The molecule has 0 atom stereocenters. The number of rotatable bonds is 8. The van der Waals surface area contributed by atoms with Gasteiger partial charge in [0.2, 0.25) is 5.91 Å². The summed E-state index contributed by atoms with van der Waals surface area (Å²) in [5, 5.41) is 6.02. The number of carbonyl (C=O) groups excluding carboxylic acids is 1. The molecule has 1 aromatic heterocycles. The van der Waals surface area contributed by atoms with Crippen LogP contribution in [-0.4, -0.2) is 25.1 Å². The Morgan fingerprint density at radius 3 is 2.62 bits per heavy atom. The van der Waals surface area contributed by atoms with Crippen molar-refractivity contribution in [1.82, 2.24) is 4.98 Å². The van der Waals surface area contributed by atoms with Gasteiger partial charge in [-0.2, -0.15) is 0 Å². The Kier molecular flexibility index (Phi) is 6.42. The number of nitrogens with zero attached hydrogens (tertiary/aromatic N) is 1. The van der Waals surface area contributed by atoms with Gasteiger partial charge in [0.15, 0.2) is 0 Å². The summed E-state index contributed by atoms with van der Waals surface area (Å²) in [4.78, 5) is 15.9. The molecule has 0 saturated heterocycles. The molecule has 128 valence electrons. The number of hydrogen-bond acceptors (Lipinski definition) is 5. The second-order valence-electron chi connectivity index (χ2n) is 5.28. The Balaban J connectivity index is 2.02. The third-order valence-corrected chi connectivity index (χ3v) is 3.48. The van der Waals surface area contributed by atoms with Crippen LogP contribution in [0.3, 0.4) is 0 Å². The summed E-state index contributed by atoms with van der Waals surface area (Å²) in [6.45, 7) is 2.05. The summed E-state index contributed by atoms with van der Waals surface area (Å²) in [5.41, 5.74) is 1.60. The molecule has 1 amide bonds. The second-order valence-corrected chi connectivity index (χ2v) is 5.28. The average Bonchev–Trinajstić information content (AvgIpc) is 2.62. The molecule has 0 fully saturated rings. The summed E-state index contributed by atoms with van der Waals surface area (Å²) in [7, 11) is 3.21. The smallest absolute Gasteiger partial charge is 0.225 e. The van der Waals surface area contributed by atoms with Gasteiger partial charge >= 0.3 is 0 Å². The minimum atomic E-state index is -0.0121. The minimum Gasteiger partial charge on any atom is -0.497 e. The van der Waals surface area contributed by atoms with Crippen LogP contribution in [0.15, 0.2) is 36.5 Å². The van der Waals surface area contributed by atoms with Gasteiger partial charge in [-0.05, 0) is 30.7 Å². The number of pyridine rings is 1. The number of methoxy groups -OCH3 is 2. The number of hydrogen-bond donors (Lipinski definition) is 2. The van der Waals surface area contributed by atoms with E-state index < -0.39 is 0 Å². The van der Waals surface area contributed by atoms with E-state index in [0.717, 1.165) is 30.0 Å². The van der Waals surface area contributed by atoms with Crippen molar-refractivity contribution in [2.45, 2.75) is 26.2 Å². The highest BCUT2D eigenvalue weighted by Gasteiger charge is 2.07. The lowest BCUT2D eigenvalue weighted by Gasteiger charge is -2.12. The van der Waals surface area contributed by atoms with E-state index >= 15 is 0 Å². The maximum atomic E-state index is 11.7. The topological polar surface area (TPSA) is 72.5 Å². The molecule has 2 rings (SSSR count). The standard InChI is InChI=1S/C18H23N3O3/c1-4-5-6-18(22)21-17-10-7-13(12-19-17)20-15-9-8-14(23-2)11-16(15)24-3/h7-12,20H,4-6H2,1-3H3,(H,19,21,22). The number of anilines is 3. The van der Waals surface area contributed by atoms with Gasteiger partial charge in [0.1, 0.15) is 17.3 Å². The van der Waals surface area contributed by atoms with E-state index in [1.54, 1.807) is 32.5 Å². The SMILES string of the molecule is CCCCC(=O)Nc1ccc(Nc2ccc(OC)cc2OC)cn1. The zero-order chi connectivity index (χ0) is 17.4. The van der Waals surface area contributed by atoms with Gasteiger partial charge in [-0.15, -0.1) is 0 Å². The van der Waals surface area contributed by atoms with Crippen LogP contribution in [0.25, 0.3) is 0 Å². The van der Waals surface area contributed by atoms with Crippen molar-refractivity contribution < 1.29 is 14.3 Å². The fraction of sp³-hybridized carbons (Fsp3) is 0.333. The van der Waals surface area contributed by atoms with Gasteiger partial charge in [-0.1, -0.05) is 13.3 Å². The van der Waals surface area contributed by atoms with Crippen LogP contribution in [0.2, 0.25) is 0 Å². The van der Waals surface area contributed by atoms with E-state index in [0.29, 0.717) is 18.0 Å². The molecule has 0 radical (unpaired) electrons. The van der Waals surface area contributed by atoms with Crippen LogP contribution in [0, 0.1) is 0 Å². The third-order valence-electron chi connectivity index (χ3n) is 3.48. The summed E-state index contributed by atoms with van der Waals surface area (Å²) in [6.07, 6.45) is 4.05. The van der Waals surface area contributed by atoms with Crippen LogP contribution in [-0.2, 0) is 4.79 Å². The first-order valence-corrected chi connectivity index (χ1v) is 7.91. The largest absolute Gasteiger partial charge is 0.497 e. The fourth-order valence-electron chi connectivity index (χ4n) is 2.14. The van der Waals surface area contributed by atoms with Crippen LogP contribution in [0.5, 0.6) is 11.5 Å². The first-order valence-electron chi connectivity index (χ1n) is 7.91. The highest BCUT2D eigenvalue weighted by atomic mass is 16.5. The predicted molar refractivity (Wildman–Crippen MR) is 95.2 cm³/mol. The molecule has 0 spiro atoms. The van der Waals surface area contributed by atoms with E-state index in [-0.39, 0.29) is 5.91 Å². The summed E-state index contributed by atoms with van der Waals surface area (Å²) >= 11 is 0. The molecule has 0 bridgehead atoms. The molecule has 24 heavy (non-hydrogen) atoms. The lowest BCUT2D eigenvalue weighted by molar-refractivity contribution is -0.116. The fourth-order valence-corrected chi connectivity index (χ4v) is 2.14. The predicted octanol–water partition coefficient (Wildman–Crippen LogP) is 3.97. The van der Waals surface area contributed by atoms with E-state index in [9.17, 15) is 4.79 Å². The van der Waals surface area contributed by atoms with Crippen LogP contribution in [0.1, 0.15) is 26.2 Å². The third kappa shape index (κ3) is 4.87. The quantitative estimate of drug-likeness (QED) is 0.766. The van der Waals surface area contributed by atoms with Crippen LogP contribution >= 0.6 is 0 Å². The molecule has 2 aromatic rings. The molecule has 0 aliphatic heterocycles. The van der Waals surface area contributed by atoms with Gasteiger partial charge in [0.05, 0.1) is 31.8 Å². The first kappa shape index (κ1) is 17.6. The molecule has 2 N–H and O–H groups in total. The number of carbonyl (C=O) groups is 1.